The smallest absolute Gasteiger partial charge is 0.138 e. The number of allylic oxidation sites excluding steroid dienone is 3. The molecule has 0 N–H and O–H groups in total. The normalized spacial score (nSPS) is 19.2. The summed E-state index contributed by atoms with van der Waals surface area (Å²) in [5.74, 6) is 0.815. The molecule has 0 fully saturated rings. The number of aldehydes is 1. The summed E-state index contributed by atoms with van der Waals surface area (Å²) < 4.78 is 5.13. The number of hydrogen-bond donors (Lipinski definition) is 0. The van der Waals surface area contributed by atoms with Gasteiger partial charge in [-0.05, 0) is 18.9 Å². The van der Waals surface area contributed by atoms with Crippen molar-refractivity contribution in [3.63, 3.8) is 0 Å². The maximum atomic E-state index is 10.5. The summed E-state index contributed by atoms with van der Waals surface area (Å²) in [7, 11) is 1.62. The van der Waals surface area contributed by atoms with Crippen LogP contribution >= 0.6 is 15.9 Å². The van der Waals surface area contributed by atoms with Crippen molar-refractivity contribution < 1.29 is 9.53 Å². The van der Waals surface area contributed by atoms with Gasteiger partial charge in [-0.2, -0.15) is 0 Å². The Morgan fingerprint density at radius 3 is 2.83 bits per heavy atom. The summed E-state index contributed by atoms with van der Waals surface area (Å²) in [5, 5.41) is 0. The fourth-order valence-electron chi connectivity index (χ4n) is 1.19. The van der Waals surface area contributed by atoms with E-state index in [0.29, 0.717) is 0 Å². The number of halogens is 1. The zero-order valence-corrected chi connectivity index (χ0v) is 8.50. The molecule has 2 nitrogen and oxygen atoms in total. The highest BCUT2D eigenvalue weighted by Crippen LogP contribution is 2.25. The molecule has 1 rings (SSSR count). The fourth-order valence-corrected chi connectivity index (χ4v) is 1.61. The second kappa shape index (κ2) is 4.45. The van der Waals surface area contributed by atoms with Crippen molar-refractivity contribution in [1.82, 2.24) is 0 Å². The van der Waals surface area contributed by atoms with Crippen LogP contribution in [0.25, 0.3) is 0 Å². The molecule has 1 unspecified atom stereocenters. The second-order valence-corrected chi connectivity index (χ2v) is 3.53. The highest BCUT2D eigenvalue weighted by molar-refractivity contribution is 9.10. The van der Waals surface area contributed by atoms with E-state index < -0.39 is 0 Å². The summed E-state index contributed by atoms with van der Waals surface area (Å²) in [6.07, 6.45) is 6.88. The number of carbonyl (C=O) groups is 1. The molecule has 12 heavy (non-hydrogen) atoms. The standard InChI is InChI=1S/C9H11BrO2/c1-12-9-5-3-2-4-7(9)8(10)6-11/h4-6,8H,2-3H2,1H3. The van der Waals surface area contributed by atoms with Gasteiger partial charge < -0.3 is 9.53 Å². The second-order valence-electron chi connectivity index (χ2n) is 2.55. The predicted octanol–water partition coefficient (Wildman–Crippen LogP) is 2.20. The van der Waals surface area contributed by atoms with E-state index in [0.717, 1.165) is 30.5 Å². The van der Waals surface area contributed by atoms with Crippen molar-refractivity contribution in [3.05, 3.63) is 23.5 Å². The summed E-state index contributed by atoms with van der Waals surface area (Å²) in [6, 6.07) is 0. The lowest BCUT2D eigenvalue weighted by atomic mass is 10.0. The maximum Gasteiger partial charge on any atom is 0.138 e. The molecule has 0 bridgehead atoms. The zero-order chi connectivity index (χ0) is 8.97. The van der Waals surface area contributed by atoms with Crippen molar-refractivity contribution in [1.29, 1.82) is 0 Å². The molecule has 0 saturated heterocycles. The summed E-state index contributed by atoms with van der Waals surface area (Å²) in [6.45, 7) is 0. The number of rotatable bonds is 3. The number of methoxy groups -OCH3 is 1. The van der Waals surface area contributed by atoms with Crippen LogP contribution < -0.4 is 0 Å². The lowest BCUT2D eigenvalue weighted by Crippen LogP contribution is -2.09. The number of hydrogen-bond acceptors (Lipinski definition) is 2. The maximum absolute atomic E-state index is 10.5. The fraction of sp³-hybridized carbons (Fsp3) is 0.444. The highest BCUT2D eigenvalue weighted by atomic mass is 79.9. The molecule has 0 aromatic heterocycles. The van der Waals surface area contributed by atoms with E-state index >= 15 is 0 Å². The highest BCUT2D eigenvalue weighted by Gasteiger charge is 2.16. The van der Waals surface area contributed by atoms with Crippen LogP contribution in [0.15, 0.2) is 23.5 Å². The Morgan fingerprint density at radius 2 is 2.25 bits per heavy atom. The van der Waals surface area contributed by atoms with Gasteiger partial charge in [0, 0.05) is 5.57 Å². The molecular formula is C9H11BrO2. The lowest BCUT2D eigenvalue weighted by Gasteiger charge is -2.15. The lowest BCUT2D eigenvalue weighted by molar-refractivity contribution is -0.106. The van der Waals surface area contributed by atoms with Gasteiger partial charge in [0.25, 0.3) is 0 Å². The quantitative estimate of drug-likeness (QED) is 0.549. The largest absolute Gasteiger partial charge is 0.497 e. The van der Waals surface area contributed by atoms with Crippen LogP contribution in [0.5, 0.6) is 0 Å². The molecule has 1 atom stereocenters. The van der Waals surface area contributed by atoms with Gasteiger partial charge in [0.1, 0.15) is 12.0 Å². The Labute approximate surface area is 80.4 Å². The molecule has 0 heterocycles. The van der Waals surface area contributed by atoms with Gasteiger partial charge >= 0.3 is 0 Å². The minimum Gasteiger partial charge on any atom is -0.497 e. The monoisotopic (exact) mass is 230 g/mol. The van der Waals surface area contributed by atoms with Gasteiger partial charge in [0.05, 0.1) is 11.9 Å². The Morgan fingerprint density at radius 1 is 1.58 bits per heavy atom. The molecule has 66 valence electrons. The van der Waals surface area contributed by atoms with Gasteiger partial charge in [0.15, 0.2) is 0 Å². The molecule has 0 saturated carbocycles. The van der Waals surface area contributed by atoms with E-state index in [1.54, 1.807) is 7.11 Å². The molecule has 0 aromatic carbocycles. The third-order valence-corrected chi connectivity index (χ3v) is 2.49. The van der Waals surface area contributed by atoms with Crippen molar-refractivity contribution in [2.24, 2.45) is 0 Å². The molecule has 0 spiro atoms. The van der Waals surface area contributed by atoms with Crippen molar-refractivity contribution in [2.75, 3.05) is 7.11 Å². The van der Waals surface area contributed by atoms with Crippen LogP contribution in [-0.4, -0.2) is 18.2 Å². The van der Waals surface area contributed by atoms with E-state index in [4.69, 9.17) is 4.74 Å². The third-order valence-electron chi connectivity index (χ3n) is 1.78. The molecule has 0 aliphatic heterocycles. The van der Waals surface area contributed by atoms with E-state index in [1.165, 1.54) is 0 Å². The third kappa shape index (κ3) is 1.97. The van der Waals surface area contributed by atoms with Gasteiger partial charge in [0.2, 0.25) is 0 Å². The van der Waals surface area contributed by atoms with Crippen LogP contribution in [0.4, 0.5) is 0 Å². The SMILES string of the molecule is COC1=CCCC=C1C(Br)C=O. The van der Waals surface area contributed by atoms with Crippen molar-refractivity contribution in [3.8, 4) is 0 Å². The first-order chi connectivity index (χ1) is 5.79. The van der Waals surface area contributed by atoms with E-state index in [2.05, 4.69) is 15.9 Å². The van der Waals surface area contributed by atoms with Crippen LogP contribution in [0, 0.1) is 0 Å². The van der Waals surface area contributed by atoms with E-state index in [-0.39, 0.29) is 4.83 Å². The van der Waals surface area contributed by atoms with Gasteiger partial charge in [-0.3, -0.25) is 0 Å². The number of ether oxygens (including phenoxy) is 1. The molecular weight excluding hydrogens is 220 g/mol. The molecule has 0 radical (unpaired) electrons. The van der Waals surface area contributed by atoms with Crippen LogP contribution in [0.3, 0.4) is 0 Å². The molecule has 1 aliphatic carbocycles. The number of carbonyl (C=O) groups excluding carboxylic acids is 1. The number of alkyl halides is 1. The van der Waals surface area contributed by atoms with Crippen LogP contribution in [0.2, 0.25) is 0 Å². The van der Waals surface area contributed by atoms with Crippen LogP contribution in [0.1, 0.15) is 12.8 Å². The Hall–Kier alpha value is -0.570. The zero-order valence-electron chi connectivity index (χ0n) is 6.92. The average molecular weight is 231 g/mol. The Balaban J connectivity index is 2.79. The van der Waals surface area contributed by atoms with E-state index in [1.807, 2.05) is 12.2 Å². The first-order valence-corrected chi connectivity index (χ1v) is 4.75. The average Bonchev–Trinajstić information content (AvgIpc) is 2.16. The molecule has 3 heteroatoms. The van der Waals surface area contributed by atoms with Gasteiger partial charge in [-0.1, -0.05) is 22.0 Å². The summed E-state index contributed by atoms with van der Waals surface area (Å²) >= 11 is 3.26. The van der Waals surface area contributed by atoms with Crippen molar-refractivity contribution in [2.45, 2.75) is 17.7 Å². The topological polar surface area (TPSA) is 26.3 Å². The molecule has 0 aromatic rings. The summed E-state index contributed by atoms with van der Waals surface area (Å²) in [4.78, 5) is 10.3. The van der Waals surface area contributed by atoms with Crippen LogP contribution in [-0.2, 0) is 9.53 Å². The Kier molecular flexibility index (Phi) is 3.53. The summed E-state index contributed by atoms with van der Waals surface area (Å²) in [5.41, 5.74) is 0.943. The minimum atomic E-state index is -0.232. The van der Waals surface area contributed by atoms with Gasteiger partial charge in [-0.15, -0.1) is 0 Å². The van der Waals surface area contributed by atoms with Crippen molar-refractivity contribution >= 4 is 22.2 Å². The first-order valence-electron chi connectivity index (χ1n) is 3.83. The van der Waals surface area contributed by atoms with Gasteiger partial charge in [-0.25, -0.2) is 0 Å². The first kappa shape index (κ1) is 9.52. The molecule has 1 aliphatic rings. The minimum absolute atomic E-state index is 0.232. The molecule has 0 amide bonds. The predicted molar refractivity (Wildman–Crippen MR) is 51.2 cm³/mol. The Bertz CT molecular complexity index is 231. The van der Waals surface area contributed by atoms with E-state index in [9.17, 15) is 4.79 Å².